The summed E-state index contributed by atoms with van der Waals surface area (Å²) in [7, 11) is 2.53. The van der Waals surface area contributed by atoms with Crippen LogP contribution in [0.3, 0.4) is 0 Å². The molecule has 9 heavy (non-hydrogen) atoms. The van der Waals surface area contributed by atoms with Gasteiger partial charge in [0.1, 0.15) is 7.66 Å². The molecule has 0 unspecified atom stereocenters. The van der Waals surface area contributed by atoms with E-state index in [4.69, 9.17) is 0 Å². The molecule has 0 N–H and O–H groups in total. The molecule has 0 fully saturated rings. The maximum Gasteiger partial charge on any atom is 0.102 e. The topological polar surface area (TPSA) is 3.24 Å². The highest BCUT2D eigenvalue weighted by Gasteiger charge is 2.15. The van der Waals surface area contributed by atoms with Crippen molar-refractivity contribution < 1.29 is 0 Å². The Kier molecular flexibility index (Phi) is 4.28. The zero-order chi connectivity index (χ0) is 7.49. The third-order valence-corrected chi connectivity index (χ3v) is 9.06. The smallest absolute Gasteiger partial charge is 0.102 e. The van der Waals surface area contributed by atoms with Gasteiger partial charge in [-0.1, -0.05) is 0 Å². The largest absolute Gasteiger partial charge is 0.329 e. The minimum atomic E-state index is 0.131. The summed E-state index contributed by atoms with van der Waals surface area (Å²) in [6, 6.07) is 0. The molecule has 0 rings (SSSR count). The van der Waals surface area contributed by atoms with Crippen LogP contribution in [0.25, 0.3) is 0 Å². The molecule has 0 aliphatic heterocycles. The Balaban J connectivity index is 3.59. The standard InChI is InChI=1S/C5H16BrNSi2/c1-5(2,3)7(4)9-8-6/h8-9H2,1-4H3. The predicted octanol–water partition coefficient (Wildman–Crippen LogP) is 0.194. The van der Waals surface area contributed by atoms with Crippen LogP contribution in [-0.2, 0) is 0 Å². The summed E-state index contributed by atoms with van der Waals surface area (Å²) in [5.74, 6) is 0. The van der Waals surface area contributed by atoms with E-state index in [1.807, 2.05) is 0 Å². The Labute approximate surface area is 70.3 Å². The molecule has 4 heteroatoms. The molecule has 56 valence electrons. The Morgan fingerprint density at radius 2 is 1.78 bits per heavy atom. The minimum Gasteiger partial charge on any atom is -0.329 e. The van der Waals surface area contributed by atoms with Gasteiger partial charge in [0, 0.05) is 5.54 Å². The average Bonchev–Trinajstić information content (AvgIpc) is 1.64. The van der Waals surface area contributed by atoms with Crippen molar-refractivity contribution in [1.82, 2.24) is 4.57 Å². The maximum atomic E-state index is 3.60. The number of halogens is 1. The van der Waals surface area contributed by atoms with Crippen molar-refractivity contribution in [2.24, 2.45) is 0 Å². The third kappa shape index (κ3) is 4.30. The highest BCUT2D eigenvalue weighted by Crippen LogP contribution is 2.07. The molecule has 0 aliphatic rings. The molecule has 0 aliphatic carbocycles. The molecule has 0 atom stereocenters. The average molecular weight is 226 g/mol. The lowest BCUT2D eigenvalue weighted by Crippen LogP contribution is -2.42. The molecular weight excluding hydrogens is 210 g/mol. The first kappa shape index (κ1) is 9.87. The van der Waals surface area contributed by atoms with Crippen LogP contribution >= 0.6 is 15.3 Å². The molecular formula is C5H16BrNSi2. The van der Waals surface area contributed by atoms with E-state index >= 15 is 0 Å². The SMILES string of the molecule is CN([SiH2][SiH2]Br)C(C)(C)C. The summed E-state index contributed by atoms with van der Waals surface area (Å²) in [6.45, 7) is 6.82. The summed E-state index contributed by atoms with van der Waals surface area (Å²) in [6.07, 6.45) is 0. The first-order valence-electron chi connectivity index (χ1n) is 3.25. The Morgan fingerprint density at radius 3 is 1.89 bits per heavy atom. The van der Waals surface area contributed by atoms with E-state index < -0.39 is 0 Å². The van der Waals surface area contributed by atoms with Crippen molar-refractivity contribution >= 4 is 32.1 Å². The van der Waals surface area contributed by atoms with Crippen molar-refractivity contribution in [3.8, 4) is 0 Å². The van der Waals surface area contributed by atoms with Crippen LogP contribution in [0.1, 0.15) is 20.8 Å². The van der Waals surface area contributed by atoms with Gasteiger partial charge in [-0.3, -0.25) is 0 Å². The van der Waals surface area contributed by atoms with Gasteiger partial charge in [0.05, 0.1) is 9.20 Å². The Hall–Kier alpha value is 0.874. The van der Waals surface area contributed by atoms with Crippen molar-refractivity contribution in [3.63, 3.8) is 0 Å². The molecule has 0 aromatic carbocycles. The third-order valence-electron chi connectivity index (χ3n) is 1.57. The van der Waals surface area contributed by atoms with Crippen LogP contribution in [0, 0.1) is 0 Å². The van der Waals surface area contributed by atoms with Crippen molar-refractivity contribution in [2.45, 2.75) is 26.3 Å². The van der Waals surface area contributed by atoms with E-state index in [1.165, 1.54) is 0 Å². The van der Waals surface area contributed by atoms with Crippen LogP contribution in [0.15, 0.2) is 0 Å². The summed E-state index contributed by atoms with van der Waals surface area (Å²) in [5.41, 5.74) is 0.410. The quantitative estimate of drug-likeness (QED) is 0.480. The summed E-state index contributed by atoms with van der Waals surface area (Å²) >= 11 is 3.60. The van der Waals surface area contributed by atoms with Crippen molar-refractivity contribution in [2.75, 3.05) is 7.05 Å². The van der Waals surface area contributed by atoms with Crippen molar-refractivity contribution in [1.29, 1.82) is 0 Å². The molecule has 0 heterocycles. The van der Waals surface area contributed by atoms with Crippen LogP contribution in [0.5, 0.6) is 0 Å². The number of rotatable bonds is 2. The number of hydrogen-bond acceptors (Lipinski definition) is 1. The minimum absolute atomic E-state index is 0.131. The Morgan fingerprint density at radius 1 is 1.33 bits per heavy atom. The lowest BCUT2D eigenvalue weighted by molar-refractivity contribution is 0.304. The van der Waals surface area contributed by atoms with E-state index in [0.717, 1.165) is 0 Å². The molecule has 0 aromatic rings. The van der Waals surface area contributed by atoms with Gasteiger partial charge in [-0.15, -0.1) is 15.3 Å². The molecule has 0 saturated carbocycles. The lowest BCUT2D eigenvalue weighted by Gasteiger charge is -2.31. The fourth-order valence-electron chi connectivity index (χ4n) is 0.462. The summed E-state index contributed by atoms with van der Waals surface area (Å²) in [4.78, 5) is 0. The monoisotopic (exact) mass is 225 g/mol. The van der Waals surface area contributed by atoms with Crippen LogP contribution in [0.4, 0.5) is 0 Å². The van der Waals surface area contributed by atoms with Gasteiger partial charge in [-0.2, -0.15) is 0 Å². The van der Waals surface area contributed by atoms with E-state index in [0.29, 0.717) is 5.54 Å². The van der Waals surface area contributed by atoms with E-state index in [9.17, 15) is 0 Å². The molecule has 0 bridgehead atoms. The molecule has 1 nitrogen and oxygen atoms in total. The maximum absolute atomic E-state index is 3.60. The second-order valence-corrected chi connectivity index (χ2v) is 14.7. The zero-order valence-electron chi connectivity index (χ0n) is 6.74. The fourth-order valence-corrected chi connectivity index (χ4v) is 8.95. The zero-order valence-corrected chi connectivity index (χ0v) is 11.2. The number of nitrogens with zero attached hydrogens (tertiary/aromatic N) is 1. The first-order chi connectivity index (χ1) is 3.98. The molecule has 0 aromatic heterocycles. The Bertz CT molecular complexity index is 81.5. The van der Waals surface area contributed by atoms with Gasteiger partial charge < -0.3 is 4.57 Å². The second kappa shape index (κ2) is 3.90. The van der Waals surface area contributed by atoms with Gasteiger partial charge >= 0.3 is 0 Å². The second-order valence-electron chi connectivity index (χ2n) is 3.28. The molecule has 0 radical (unpaired) electrons. The van der Waals surface area contributed by atoms with Crippen LogP contribution in [-0.4, -0.2) is 34.0 Å². The normalized spacial score (nSPS) is 15.3. The fraction of sp³-hybridized carbons (Fsp3) is 1.00. The number of hydrogen-bond donors (Lipinski definition) is 0. The van der Waals surface area contributed by atoms with Crippen molar-refractivity contribution in [3.05, 3.63) is 0 Å². The van der Waals surface area contributed by atoms with Gasteiger partial charge in [-0.25, -0.2) is 0 Å². The molecule has 0 saturated heterocycles. The van der Waals surface area contributed by atoms with Crippen LogP contribution < -0.4 is 0 Å². The molecule has 0 spiro atoms. The van der Waals surface area contributed by atoms with Gasteiger partial charge in [0.25, 0.3) is 0 Å². The molecule has 0 amide bonds. The highest BCUT2D eigenvalue weighted by atomic mass is 79.9. The van der Waals surface area contributed by atoms with E-state index in [-0.39, 0.29) is 16.9 Å². The van der Waals surface area contributed by atoms with Gasteiger partial charge in [0.2, 0.25) is 0 Å². The predicted molar refractivity (Wildman–Crippen MR) is 53.5 cm³/mol. The van der Waals surface area contributed by atoms with Crippen LogP contribution in [0.2, 0.25) is 0 Å². The van der Waals surface area contributed by atoms with E-state index in [1.54, 1.807) is 0 Å². The van der Waals surface area contributed by atoms with E-state index in [2.05, 4.69) is 47.7 Å². The highest BCUT2D eigenvalue weighted by molar-refractivity contribution is 9.24. The first-order valence-corrected chi connectivity index (χ1v) is 11.8. The summed E-state index contributed by atoms with van der Waals surface area (Å²) in [5, 5.41) is 0. The van der Waals surface area contributed by atoms with Gasteiger partial charge in [-0.05, 0) is 27.8 Å². The lowest BCUT2D eigenvalue weighted by atomic mass is 10.1. The summed E-state index contributed by atoms with van der Waals surface area (Å²) < 4.78 is 2.52. The van der Waals surface area contributed by atoms with Gasteiger partial charge in [0.15, 0.2) is 0 Å².